The first-order chi connectivity index (χ1) is 11.1. The van der Waals surface area contributed by atoms with E-state index in [0.717, 1.165) is 22.6 Å². The molecule has 1 amide bonds. The lowest BCUT2D eigenvalue weighted by atomic mass is 9.79. The SMILES string of the molecule is CC(=O)Nc1cc(C(C)(C)C)c(OCOC(C)(C)C)c(C(C)(C)C)c1. The molecule has 1 aromatic carbocycles. The van der Waals surface area contributed by atoms with Gasteiger partial charge in [0.25, 0.3) is 0 Å². The lowest BCUT2D eigenvalue weighted by Gasteiger charge is -2.31. The Morgan fingerprint density at radius 3 is 1.68 bits per heavy atom. The number of amides is 1. The molecule has 0 unspecified atom stereocenters. The summed E-state index contributed by atoms with van der Waals surface area (Å²) in [6.07, 6.45) is 0. The highest BCUT2D eigenvalue weighted by Gasteiger charge is 2.28. The van der Waals surface area contributed by atoms with Crippen LogP contribution in [0.1, 0.15) is 80.4 Å². The van der Waals surface area contributed by atoms with Gasteiger partial charge in [-0.25, -0.2) is 0 Å². The highest BCUT2D eigenvalue weighted by molar-refractivity contribution is 5.89. The second-order valence-electron chi connectivity index (χ2n) is 9.60. The molecule has 0 heterocycles. The molecule has 25 heavy (non-hydrogen) atoms. The Labute approximate surface area is 153 Å². The van der Waals surface area contributed by atoms with Crippen LogP contribution in [0.4, 0.5) is 5.69 Å². The zero-order chi connectivity index (χ0) is 19.6. The second kappa shape index (κ2) is 7.36. The monoisotopic (exact) mass is 349 g/mol. The average Bonchev–Trinajstić information content (AvgIpc) is 2.35. The highest BCUT2D eigenvalue weighted by atomic mass is 16.7. The second-order valence-corrected chi connectivity index (χ2v) is 9.60. The molecule has 0 aliphatic rings. The van der Waals surface area contributed by atoms with Crippen molar-refractivity contribution in [3.05, 3.63) is 23.3 Å². The van der Waals surface area contributed by atoms with E-state index < -0.39 is 0 Å². The molecule has 0 bridgehead atoms. The van der Waals surface area contributed by atoms with E-state index >= 15 is 0 Å². The first-order valence-electron chi connectivity index (χ1n) is 8.84. The maximum atomic E-state index is 11.5. The third-order valence-electron chi connectivity index (χ3n) is 3.72. The predicted octanol–water partition coefficient (Wildman–Crippen LogP) is 5.39. The fourth-order valence-electron chi connectivity index (χ4n) is 2.44. The van der Waals surface area contributed by atoms with Gasteiger partial charge >= 0.3 is 0 Å². The number of hydrogen-bond donors (Lipinski definition) is 1. The minimum absolute atomic E-state index is 0.0792. The normalized spacial score (nSPS) is 12.9. The van der Waals surface area contributed by atoms with E-state index in [4.69, 9.17) is 9.47 Å². The minimum atomic E-state index is -0.264. The van der Waals surface area contributed by atoms with Crippen LogP contribution in [0.3, 0.4) is 0 Å². The molecule has 142 valence electrons. The van der Waals surface area contributed by atoms with Crippen LogP contribution in [0.2, 0.25) is 0 Å². The number of carbonyl (C=O) groups is 1. The minimum Gasteiger partial charge on any atom is -0.467 e. The topological polar surface area (TPSA) is 47.6 Å². The van der Waals surface area contributed by atoms with Crippen molar-refractivity contribution in [2.24, 2.45) is 0 Å². The summed E-state index contributed by atoms with van der Waals surface area (Å²) in [4.78, 5) is 11.5. The van der Waals surface area contributed by atoms with E-state index in [1.54, 1.807) is 0 Å². The van der Waals surface area contributed by atoms with Crippen molar-refractivity contribution in [3.63, 3.8) is 0 Å². The maximum absolute atomic E-state index is 11.5. The van der Waals surface area contributed by atoms with Gasteiger partial charge in [-0.2, -0.15) is 0 Å². The van der Waals surface area contributed by atoms with Gasteiger partial charge in [-0.15, -0.1) is 0 Å². The molecule has 0 fully saturated rings. The van der Waals surface area contributed by atoms with Crippen LogP contribution in [-0.4, -0.2) is 18.3 Å². The largest absolute Gasteiger partial charge is 0.467 e. The summed E-state index contributed by atoms with van der Waals surface area (Å²) in [5.41, 5.74) is 2.38. The number of nitrogens with one attached hydrogen (secondary N) is 1. The molecule has 0 aliphatic heterocycles. The number of anilines is 1. The van der Waals surface area contributed by atoms with Gasteiger partial charge in [-0.05, 0) is 43.7 Å². The molecule has 0 saturated carbocycles. The average molecular weight is 350 g/mol. The molecule has 0 spiro atoms. The fourth-order valence-corrected chi connectivity index (χ4v) is 2.44. The van der Waals surface area contributed by atoms with Crippen molar-refractivity contribution >= 4 is 11.6 Å². The predicted molar refractivity (Wildman–Crippen MR) is 104 cm³/mol. The van der Waals surface area contributed by atoms with Gasteiger partial charge in [0, 0.05) is 23.7 Å². The Bertz CT molecular complexity index is 578. The van der Waals surface area contributed by atoms with E-state index in [9.17, 15) is 4.79 Å². The molecule has 1 rings (SSSR count). The molecule has 1 aromatic rings. The Morgan fingerprint density at radius 2 is 1.36 bits per heavy atom. The summed E-state index contributed by atoms with van der Waals surface area (Å²) in [7, 11) is 0. The van der Waals surface area contributed by atoms with Crippen LogP contribution in [0.25, 0.3) is 0 Å². The van der Waals surface area contributed by atoms with Crippen molar-refractivity contribution in [2.75, 3.05) is 12.1 Å². The van der Waals surface area contributed by atoms with Crippen molar-refractivity contribution in [3.8, 4) is 5.75 Å². The van der Waals surface area contributed by atoms with E-state index in [-0.39, 0.29) is 29.1 Å². The van der Waals surface area contributed by atoms with Gasteiger partial charge in [-0.1, -0.05) is 41.5 Å². The van der Waals surface area contributed by atoms with E-state index in [1.165, 1.54) is 6.92 Å². The third kappa shape index (κ3) is 6.69. The van der Waals surface area contributed by atoms with Crippen molar-refractivity contribution < 1.29 is 14.3 Å². The summed E-state index contributed by atoms with van der Waals surface area (Å²) in [6, 6.07) is 4.01. The molecule has 0 aromatic heterocycles. The highest BCUT2D eigenvalue weighted by Crippen LogP contribution is 2.42. The molecule has 1 N–H and O–H groups in total. The van der Waals surface area contributed by atoms with Crippen LogP contribution in [0.5, 0.6) is 5.75 Å². The quantitative estimate of drug-likeness (QED) is 0.741. The summed E-state index contributed by atoms with van der Waals surface area (Å²) in [6.45, 7) is 20.6. The molecule has 0 atom stereocenters. The first-order valence-corrected chi connectivity index (χ1v) is 8.84. The zero-order valence-corrected chi connectivity index (χ0v) is 17.6. The number of rotatable bonds is 4. The van der Waals surface area contributed by atoms with Crippen LogP contribution in [0.15, 0.2) is 12.1 Å². The van der Waals surface area contributed by atoms with Gasteiger partial charge in [0.05, 0.1) is 5.60 Å². The molecule has 0 aliphatic carbocycles. The van der Waals surface area contributed by atoms with Crippen LogP contribution in [-0.2, 0) is 20.4 Å². The van der Waals surface area contributed by atoms with Gasteiger partial charge in [0.15, 0.2) is 6.79 Å². The molecule has 0 saturated heterocycles. The number of benzene rings is 1. The molecular formula is C21H35NO3. The first kappa shape index (κ1) is 21.5. The Morgan fingerprint density at radius 1 is 0.920 bits per heavy atom. The molecule has 0 radical (unpaired) electrons. The molecule has 4 heteroatoms. The van der Waals surface area contributed by atoms with E-state index in [1.807, 2.05) is 32.9 Å². The van der Waals surface area contributed by atoms with Crippen molar-refractivity contribution in [1.82, 2.24) is 0 Å². The Kier molecular flexibility index (Phi) is 6.33. The van der Waals surface area contributed by atoms with E-state index in [0.29, 0.717) is 0 Å². The third-order valence-corrected chi connectivity index (χ3v) is 3.72. The van der Waals surface area contributed by atoms with Gasteiger partial charge in [0.1, 0.15) is 5.75 Å². The lowest BCUT2D eigenvalue weighted by Crippen LogP contribution is -2.25. The van der Waals surface area contributed by atoms with E-state index in [2.05, 4.69) is 46.9 Å². The standard InChI is InChI=1S/C21H35NO3/c1-14(23)22-15-11-16(19(2,3)4)18(17(12-15)20(5,6)7)24-13-25-21(8,9)10/h11-12H,13H2,1-10H3,(H,22,23). The smallest absolute Gasteiger partial charge is 0.221 e. The van der Waals surface area contributed by atoms with Gasteiger partial charge in [0.2, 0.25) is 5.91 Å². The van der Waals surface area contributed by atoms with Crippen LogP contribution >= 0.6 is 0 Å². The number of ether oxygens (including phenoxy) is 2. The molecule has 4 nitrogen and oxygen atoms in total. The summed E-state index contributed by atoms with van der Waals surface area (Å²) < 4.78 is 11.9. The van der Waals surface area contributed by atoms with Crippen molar-refractivity contribution in [2.45, 2.75) is 85.7 Å². The lowest BCUT2D eigenvalue weighted by molar-refractivity contribution is -0.114. The zero-order valence-electron chi connectivity index (χ0n) is 17.6. The van der Waals surface area contributed by atoms with Gasteiger partial charge < -0.3 is 14.8 Å². The van der Waals surface area contributed by atoms with Crippen LogP contribution < -0.4 is 10.1 Å². The summed E-state index contributed by atoms with van der Waals surface area (Å²) in [5, 5.41) is 2.91. The summed E-state index contributed by atoms with van der Waals surface area (Å²) >= 11 is 0. The fraction of sp³-hybridized carbons (Fsp3) is 0.667. The van der Waals surface area contributed by atoms with Crippen LogP contribution in [0, 0.1) is 0 Å². The number of hydrogen-bond acceptors (Lipinski definition) is 3. The number of carbonyl (C=O) groups excluding carboxylic acids is 1. The Balaban J connectivity index is 3.45. The molecular weight excluding hydrogens is 314 g/mol. The summed E-state index contributed by atoms with van der Waals surface area (Å²) in [5.74, 6) is 0.766. The maximum Gasteiger partial charge on any atom is 0.221 e. The Hall–Kier alpha value is -1.55. The van der Waals surface area contributed by atoms with Crippen molar-refractivity contribution in [1.29, 1.82) is 0 Å². The van der Waals surface area contributed by atoms with Gasteiger partial charge in [-0.3, -0.25) is 4.79 Å².